The lowest BCUT2D eigenvalue weighted by molar-refractivity contribution is -0.120. The van der Waals surface area contributed by atoms with Crippen LogP contribution in [-0.4, -0.2) is 27.9 Å². The monoisotopic (exact) mass is 356 g/mol. The molecule has 1 amide bonds. The Morgan fingerprint density at radius 1 is 1.15 bits per heavy atom. The minimum absolute atomic E-state index is 0.0142. The van der Waals surface area contributed by atoms with Crippen LogP contribution >= 0.6 is 0 Å². The molecule has 0 aromatic heterocycles. The Balaban J connectivity index is 2.06. The predicted octanol–water partition coefficient (Wildman–Crippen LogP) is 5.07. The molecule has 3 nitrogen and oxygen atoms in total. The summed E-state index contributed by atoms with van der Waals surface area (Å²) in [7, 11) is 0. The van der Waals surface area contributed by atoms with Gasteiger partial charge in [-0.25, -0.2) is 0 Å². The number of rotatable bonds is 7. The van der Waals surface area contributed by atoms with E-state index < -0.39 is 0 Å². The van der Waals surface area contributed by atoms with Crippen LogP contribution in [0.1, 0.15) is 72.3 Å². The Bertz CT molecular complexity index is 600. The average Bonchev–Trinajstić information content (AvgIpc) is 2.56. The van der Waals surface area contributed by atoms with E-state index in [-0.39, 0.29) is 23.0 Å². The summed E-state index contributed by atoms with van der Waals surface area (Å²) in [6.45, 7) is 16.2. The van der Waals surface area contributed by atoms with Gasteiger partial charge >= 0.3 is 0 Å². The summed E-state index contributed by atoms with van der Waals surface area (Å²) < 4.78 is 0. The molecule has 1 aromatic carbocycles. The predicted molar refractivity (Wildman–Crippen MR) is 110 cm³/mol. The van der Waals surface area contributed by atoms with Gasteiger partial charge in [-0.15, -0.1) is 0 Å². The normalized spacial score (nSPS) is 19.9. The Morgan fingerprint density at radius 3 is 2.27 bits per heavy atom. The maximum atomic E-state index is 12.5. The first-order valence-electron chi connectivity index (χ1n) is 9.96. The number of piperidine rings is 1. The van der Waals surface area contributed by atoms with E-state index in [1.165, 1.54) is 5.56 Å². The SMILES string of the molecule is C=C(CCCC)C(=O)NC1CC(C)(C)N(Cc2ccccc2)C(C)(C)C1. The van der Waals surface area contributed by atoms with E-state index in [0.717, 1.165) is 38.6 Å². The summed E-state index contributed by atoms with van der Waals surface area (Å²) in [5.41, 5.74) is 2.08. The second-order valence-electron chi connectivity index (χ2n) is 8.98. The molecule has 0 radical (unpaired) electrons. The Labute approximate surface area is 159 Å². The molecule has 0 bridgehead atoms. The zero-order chi connectivity index (χ0) is 19.4. The number of hydrogen-bond donors (Lipinski definition) is 1. The zero-order valence-electron chi connectivity index (χ0n) is 17.3. The van der Waals surface area contributed by atoms with Crippen molar-refractivity contribution in [3.8, 4) is 0 Å². The number of nitrogens with one attached hydrogen (secondary N) is 1. The molecule has 144 valence electrons. The van der Waals surface area contributed by atoms with E-state index in [1.54, 1.807) is 0 Å². The van der Waals surface area contributed by atoms with E-state index in [9.17, 15) is 4.79 Å². The fourth-order valence-electron chi connectivity index (χ4n) is 4.41. The van der Waals surface area contributed by atoms with E-state index in [2.05, 4.69) is 81.7 Å². The molecule has 0 atom stereocenters. The first-order chi connectivity index (χ1) is 12.2. The summed E-state index contributed by atoms with van der Waals surface area (Å²) in [6.07, 6.45) is 4.82. The molecule has 0 unspecified atom stereocenters. The molecule has 1 aromatic rings. The van der Waals surface area contributed by atoms with Gasteiger partial charge in [0.1, 0.15) is 0 Å². The van der Waals surface area contributed by atoms with E-state index in [4.69, 9.17) is 0 Å². The van der Waals surface area contributed by atoms with Crippen LogP contribution in [0.4, 0.5) is 0 Å². The molecular formula is C23H36N2O. The van der Waals surface area contributed by atoms with Crippen molar-refractivity contribution in [3.05, 3.63) is 48.0 Å². The lowest BCUT2D eigenvalue weighted by Gasteiger charge is -2.55. The smallest absolute Gasteiger partial charge is 0.246 e. The van der Waals surface area contributed by atoms with Gasteiger partial charge in [0.15, 0.2) is 0 Å². The average molecular weight is 357 g/mol. The van der Waals surface area contributed by atoms with Crippen molar-refractivity contribution < 1.29 is 4.79 Å². The van der Waals surface area contributed by atoms with E-state index in [0.29, 0.717) is 5.57 Å². The molecule has 0 spiro atoms. The molecule has 0 aliphatic carbocycles. The molecule has 1 fully saturated rings. The van der Waals surface area contributed by atoms with Crippen LogP contribution in [0.3, 0.4) is 0 Å². The van der Waals surface area contributed by atoms with E-state index >= 15 is 0 Å². The summed E-state index contributed by atoms with van der Waals surface area (Å²) in [5, 5.41) is 3.26. The first kappa shape index (κ1) is 20.7. The van der Waals surface area contributed by atoms with Crippen LogP contribution in [0.2, 0.25) is 0 Å². The van der Waals surface area contributed by atoms with E-state index in [1.807, 2.05) is 0 Å². The third-order valence-electron chi connectivity index (χ3n) is 5.63. The zero-order valence-corrected chi connectivity index (χ0v) is 17.3. The number of carbonyl (C=O) groups excluding carboxylic acids is 1. The third-order valence-corrected chi connectivity index (χ3v) is 5.63. The molecule has 3 heteroatoms. The number of carbonyl (C=O) groups is 1. The number of amides is 1. The van der Waals surface area contributed by atoms with Gasteiger partial charge in [0.2, 0.25) is 5.91 Å². The second-order valence-corrected chi connectivity index (χ2v) is 8.98. The molecule has 1 aliphatic heterocycles. The van der Waals surface area contributed by atoms with Gasteiger partial charge in [0, 0.05) is 29.2 Å². The summed E-state index contributed by atoms with van der Waals surface area (Å²) in [5.74, 6) is 0.0339. The van der Waals surface area contributed by atoms with Gasteiger partial charge < -0.3 is 5.32 Å². The number of unbranched alkanes of at least 4 members (excludes halogenated alkanes) is 1. The highest BCUT2D eigenvalue weighted by molar-refractivity contribution is 5.92. The third kappa shape index (κ3) is 5.20. The maximum Gasteiger partial charge on any atom is 0.246 e. The quantitative estimate of drug-likeness (QED) is 0.692. The molecule has 1 saturated heterocycles. The fraction of sp³-hybridized carbons (Fsp3) is 0.609. The molecule has 2 rings (SSSR count). The number of benzene rings is 1. The first-order valence-corrected chi connectivity index (χ1v) is 9.96. The maximum absolute atomic E-state index is 12.5. The highest BCUT2D eigenvalue weighted by Crippen LogP contribution is 2.39. The van der Waals surface area contributed by atoms with Crippen molar-refractivity contribution in [2.75, 3.05) is 0 Å². The largest absolute Gasteiger partial charge is 0.349 e. The molecule has 1 heterocycles. The Hall–Kier alpha value is -1.61. The Morgan fingerprint density at radius 2 is 1.73 bits per heavy atom. The summed E-state index contributed by atoms with van der Waals surface area (Å²) in [4.78, 5) is 15.1. The molecule has 1 N–H and O–H groups in total. The van der Waals surface area contributed by atoms with Crippen LogP contribution in [0.5, 0.6) is 0 Å². The lowest BCUT2D eigenvalue weighted by atomic mass is 9.76. The van der Waals surface area contributed by atoms with Gasteiger partial charge in [-0.2, -0.15) is 0 Å². The van der Waals surface area contributed by atoms with Gasteiger partial charge in [0.05, 0.1) is 0 Å². The number of nitrogens with zero attached hydrogens (tertiary/aromatic N) is 1. The van der Waals surface area contributed by atoms with Crippen molar-refractivity contribution in [1.29, 1.82) is 0 Å². The molecule has 26 heavy (non-hydrogen) atoms. The highest BCUT2D eigenvalue weighted by Gasteiger charge is 2.45. The van der Waals surface area contributed by atoms with Crippen LogP contribution < -0.4 is 5.32 Å². The lowest BCUT2D eigenvalue weighted by Crippen LogP contribution is -2.63. The van der Waals surface area contributed by atoms with Crippen molar-refractivity contribution >= 4 is 5.91 Å². The van der Waals surface area contributed by atoms with Gasteiger partial charge in [-0.05, 0) is 58.9 Å². The fourth-order valence-corrected chi connectivity index (χ4v) is 4.41. The minimum atomic E-state index is 0.0142. The standard InChI is InChI=1S/C23H36N2O/c1-7-8-12-18(2)21(26)24-20-15-22(3,4)25(23(5,6)16-20)17-19-13-10-9-11-14-19/h9-11,13-14,20H,2,7-8,12,15-17H2,1,3-6H3,(H,24,26). The Kier molecular flexibility index (Phi) is 6.68. The van der Waals surface area contributed by atoms with Crippen LogP contribution in [-0.2, 0) is 11.3 Å². The van der Waals surface area contributed by atoms with Gasteiger partial charge in [-0.1, -0.05) is 50.3 Å². The van der Waals surface area contributed by atoms with Gasteiger partial charge in [0.25, 0.3) is 0 Å². The van der Waals surface area contributed by atoms with Gasteiger partial charge in [-0.3, -0.25) is 9.69 Å². The van der Waals surface area contributed by atoms with Crippen LogP contribution in [0, 0.1) is 0 Å². The number of likely N-dealkylation sites (tertiary alicyclic amines) is 1. The topological polar surface area (TPSA) is 32.3 Å². The van der Waals surface area contributed by atoms with Crippen molar-refractivity contribution in [1.82, 2.24) is 10.2 Å². The van der Waals surface area contributed by atoms with Crippen molar-refractivity contribution in [2.24, 2.45) is 0 Å². The van der Waals surface area contributed by atoms with Crippen LogP contribution in [0.25, 0.3) is 0 Å². The molecule has 0 saturated carbocycles. The summed E-state index contributed by atoms with van der Waals surface area (Å²) in [6, 6.07) is 10.8. The van der Waals surface area contributed by atoms with Crippen molar-refractivity contribution in [3.63, 3.8) is 0 Å². The molecule has 1 aliphatic rings. The van der Waals surface area contributed by atoms with Crippen molar-refractivity contribution in [2.45, 2.75) is 90.4 Å². The number of hydrogen-bond acceptors (Lipinski definition) is 2. The minimum Gasteiger partial charge on any atom is -0.349 e. The summed E-state index contributed by atoms with van der Waals surface area (Å²) >= 11 is 0. The van der Waals surface area contributed by atoms with Crippen LogP contribution in [0.15, 0.2) is 42.5 Å². The second kappa shape index (κ2) is 8.39. The highest BCUT2D eigenvalue weighted by atomic mass is 16.1. The molecular weight excluding hydrogens is 320 g/mol.